The minimum absolute atomic E-state index is 0.134. The Kier molecular flexibility index (Phi) is 2.44. The second kappa shape index (κ2) is 3.76. The number of nitriles is 1. The van der Waals surface area contributed by atoms with Crippen LogP contribution in [-0.4, -0.2) is 11.0 Å². The predicted octanol–water partition coefficient (Wildman–Crippen LogP) is 1.93. The molecule has 0 radical (unpaired) electrons. The molecule has 2 rings (SSSR count). The molecule has 0 spiro atoms. The molecule has 0 fully saturated rings. The first-order chi connectivity index (χ1) is 7.20. The van der Waals surface area contributed by atoms with Gasteiger partial charge in [0.1, 0.15) is 0 Å². The van der Waals surface area contributed by atoms with E-state index in [9.17, 15) is 0 Å². The van der Waals surface area contributed by atoms with Crippen LogP contribution in [0.15, 0.2) is 24.4 Å². The van der Waals surface area contributed by atoms with E-state index in [2.05, 4.69) is 11.1 Å². The first-order valence-electron chi connectivity index (χ1n) is 4.96. The quantitative estimate of drug-likeness (QED) is 0.776. The van der Waals surface area contributed by atoms with Crippen molar-refractivity contribution >= 4 is 10.9 Å². The summed E-state index contributed by atoms with van der Waals surface area (Å²) in [6, 6.07) is 7.93. The summed E-state index contributed by atoms with van der Waals surface area (Å²) < 4.78 is 0. The number of hydrogen-bond donors (Lipinski definition) is 2. The van der Waals surface area contributed by atoms with Crippen molar-refractivity contribution in [2.75, 3.05) is 0 Å². The lowest BCUT2D eigenvalue weighted by Crippen LogP contribution is -2.17. The Balaban J connectivity index is 2.52. The van der Waals surface area contributed by atoms with E-state index in [0.717, 1.165) is 17.3 Å². The molecule has 0 bridgehead atoms. The zero-order valence-electron chi connectivity index (χ0n) is 8.62. The minimum atomic E-state index is 0.134. The fourth-order valence-electron chi connectivity index (χ4n) is 1.76. The molecule has 1 heterocycles. The highest BCUT2D eigenvalue weighted by atomic mass is 14.7. The monoisotopic (exact) mass is 199 g/mol. The van der Waals surface area contributed by atoms with Gasteiger partial charge in [-0.15, -0.1) is 0 Å². The molecule has 0 aliphatic carbocycles. The largest absolute Gasteiger partial charge is 0.361 e. The lowest BCUT2D eigenvalue weighted by atomic mass is 10.1. The Hall–Kier alpha value is -1.79. The van der Waals surface area contributed by atoms with E-state index in [1.807, 2.05) is 31.3 Å². The van der Waals surface area contributed by atoms with Crippen LogP contribution in [0.25, 0.3) is 10.9 Å². The van der Waals surface area contributed by atoms with Crippen molar-refractivity contribution in [3.05, 3.63) is 35.5 Å². The molecule has 0 saturated heterocycles. The maximum Gasteiger partial charge on any atom is 0.0991 e. The van der Waals surface area contributed by atoms with E-state index in [1.165, 1.54) is 5.56 Å². The van der Waals surface area contributed by atoms with E-state index >= 15 is 0 Å². The highest BCUT2D eigenvalue weighted by Gasteiger charge is 2.06. The van der Waals surface area contributed by atoms with Gasteiger partial charge in [0, 0.05) is 23.1 Å². The fourth-order valence-corrected chi connectivity index (χ4v) is 1.76. The van der Waals surface area contributed by atoms with Crippen LogP contribution in [0.2, 0.25) is 0 Å². The van der Waals surface area contributed by atoms with Crippen LogP contribution >= 0.6 is 0 Å². The predicted molar refractivity (Wildman–Crippen MR) is 60.4 cm³/mol. The van der Waals surface area contributed by atoms with Crippen molar-refractivity contribution in [3.63, 3.8) is 0 Å². The van der Waals surface area contributed by atoms with Gasteiger partial charge in [-0.1, -0.05) is 0 Å². The van der Waals surface area contributed by atoms with Crippen molar-refractivity contribution in [1.29, 1.82) is 5.26 Å². The summed E-state index contributed by atoms with van der Waals surface area (Å²) in [7, 11) is 0. The molecule has 1 aromatic carbocycles. The van der Waals surface area contributed by atoms with E-state index < -0.39 is 0 Å². The highest BCUT2D eigenvalue weighted by molar-refractivity contribution is 5.84. The van der Waals surface area contributed by atoms with Crippen molar-refractivity contribution in [2.24, 2.45) is 5.73 Å². The molecule has 2 aromatic rings. The van der Waals surface area contributed by atoms with Crippen LogP contribution in [0, 0.1) is 11.3 Å². The third-order valence-corrected chi connectivity index (χ3v) is 2.44. The highest BCUT2D eigenvalue weighted by Crippen LogP contribution is 2.20. The molecule has 76 valence electrons. The van der Waals surface area contributed by atoms with Gasteiger partial charge < -0.3 is 10.7 Å². The molecular weight excluding hydrogens is 186 g/mol. The molecule has 0 amide bonds. The van der Waals surface area contributed by atoms with Crippen LogP contribution in [0.4, 0.5) is 0 Å². The number of aromatic amines is 1. The summed E-state index contributed by atoms with van der Waals surface area (Å²) >= 11 is 0. The van der Waals surface area contributed by atoms with Gasteiger partial charge in [-0.2, -0.15) is 5.26 Å². The first kappa shape index (κ1) is 9.75. The van der Waals surface area contributed by atoms with Crippen LogP contribution < -0.4 is 5.73 Å². The number of aromatic nitrogens is 1. The molecule has 0 saturated carbocycles. The molecule has 3 heteroatoms. The normalized spacial score (nSPS) is 12.6. The Morgan fingerprint density at radius 3 is 3.00 bits per heavy atom. The number of nitrogens with one attached hydrogen (secondary N) is 1. The van der Waals surface area contributed by atoms with Gasteiger partial charge in [0.05, 0.1) is 11.6 Å². The standard InChI is InChI=1S/C12H13N3/c1-8(14)4-10-7-15-12-3-2-9(6-13)5-11(10)12/h2-3,5,7-8,15H,4,14H2,1H3/t8-/m0/s1. The summed E-state index contributed by atoms with van der Waals surface area (Å²) in [4.78, 5) is 3.18. The van der Waals surface area contributed by atoms with Crippen LogP contribution in [0.3, 0.4) is 0 Å². The van der Waals surface area contributed by atoms with Gasteiger partial charge in [0.15, 0.2) is 0 Å². The maximum atomic E-state index is 8.82. The van der Waals surface area contributed by atoms with Crippen molar-refractivity contribution < 1.29 is 0 Å². The van der Waals surface area contributed by atoms with Crippen molar-refractivity contribution in [1.82, 2.24) is 4.98 Å². The van der Waals surface area contributed by atoms with E-state index in [-0.39, 0.29) is 6.04 Å². The topological polar surface area (TPSA) is 65.6 Å². The zero-order valence-corrected chi connectivity index (χ0v) is 8.62. The number of rotatable bonds is 2. The van der Waals surface area contributed by atoms with E-state index in [4.69, 9.17) is 11.0 Å². The summed E-state index contributed by atoms with van der Waals surface area (Å²) in [6.07, 6.45) is 2.80. The maximum absolute atomic E-state index is 8.82. The SMILES string of the molecule is C[C@H](N)Cc1c[nH]c2ccc(C#N)cc12. The molecule has 15 heavy (non-hydrogen) atoms. The lowest BCUT2D eigenvalue weighted by molar-refractivity contribution is 0.741. The molecule has 3 nitrogen and oxygen atoms in total. The number of fused-ring (bicyclic) bond motifs is 1. The van der Waals surface area contributed by atoms with Crippen LogP contribution in [-0.2, 0) is 6.42 Å². The Bertz CT molecular complexity index is 517. The molecule has 0 aliphatic heterocycles. The van der Waals surface area contributed by atoms with Crippen LogP contribution in [0.5, 0.6) is 0 Å². The number of nitrogens with zero attached hydrogens (tertiary/aromatic N) is 1. The van der Waals surface area contributed by atoms with Gasteiger partial charge in [0.2, 0.25) is 0 Å². The fraction of sp³-hybridized carbons (Fsp3) is 0.250. The Labute approximate surface area is 88.5 Å². The third-order valence-electron chi connectivity index (χ3n) is 2.44. The molecule has 1 aromatic heterocycles. The molecular formula is C12H13N3. The van der Waals surface area contributed by atoms with Gasteiger partial charge >= 0.3 is 0 Å². The summed E-state index contributed by atoms with van der Waals surface area (Å²) in [6.45, 7) is 1.98. The summed E-state index contributed by atoms with van der Waals surface area (Å²) in [5, 5.41) is 9.93. The van der Waals surface area contributed by atoms with Crippen molar-refractivity contribution in [2.45, 2.75) is 19.4 Å². The summed E-state index contributed by atoms with van der Waals surface area (Å²) in [5.41, 5.74) is 8.69. The zero-order chi connectivity index (χ0) is 10.8. The lowest BCUT2D eigenvalue weighted by Gasteiger charge is -2.02. The molecule has 1 atom stereocenters. The van der Waals surface area contributed by atoms with E-state index in [1.54, 1.807) is 0 Å². The van der Waals surface area contributed by atoms with Crippen LogP contribution in [0.1, 0.15) is 18.1 Å². The second-order valence-electron chi connectivity index (χ2n) is 3.87. The number of hydrogen-bond acceptors (Lipinski definition) is 2. The average molecular weight is 199 g/mol. The minimum Gasteiger partial charge on any atom is -0.361 e. The second-order valence-corrected chi connectivity index (χ2v) is 3.87. The number of H-pyrrole nitrogens is 1. The average Bonchev–Trinajstić information content (AvgIpc) is 2.60. The first-order valence-corrected chi connectivity index (χ1v) is 4.96. The van der Waals surface area contributed by atoms with Crippen molar-refractivity contribution in [3.8, 4) is 6.07 Å². The van der Waals surface area contributed by atoms with Gasteiger partial charge in [-0.05, 0) is 37.1 Å². The third kappa shape index (κ3) is 1.85. The van der Waals surface area contributed by atoms with E-state index in [0.29, 0.717) is 5.56 Å². The summed E-state index contributed by atoms with van der Waals surface area (Å²) in [5.74, 6) is 0. The van der Waals surface area contributed by atoms with Gasteiger partial charge in [-0.25, -0.2) is 0 Å². The number of benzene rings is 1. The van der Waals surface area contributed by atoms with Gasteiger partial charge in [0.25, 0.3) is 0 Å². The number of nitrogens with two attached hydrogens (primary N) is 1. The van der Waals surface area contributed by atoms with Gasteiger partial charge in [-0.3, -0.25) is 0 Å². The molecule has 0 unspecified atom stereocenters. The Morgan fingerprint density at radius 1 is 1.53 bits per heavy atom. The Morgan fingerprint density at radius 2 is 2.33 bits per heavy atom. The molecule has 0 aliphatic rings. The smallest absolute Gasteiger partial charge is 0.0991 e. The molecule has 3 N–H and O–H groups in total.